The quantitative estimate of drug-likeness (QED) is 0.0745. The maximum atomic E-state index is 12.5. The molecule has 0 aliphatic carbocycles. The molecule has 0 spiro atoms. The molecule has 0 aliphatic rings. The van der Waals surface area contributed by atoms with E-state index in [0.29, 0.717) is 86.1 Å². The van der Waals surface area contributed by atoms with E-state index in [4.69, 9.17) is 4.42 Å². The van der Waals surface area contributed by atoms with Crippen molar-refractivity contribution in [3.05, 3.63) is 119 Å². The second kappa shape index (κ2) is 21.2. The largest absolute Gasteiger partial charge is 0.460 e. The summed E-state index contributed by atoms with van der Waals surface area (Å²) in [5.74, 6) is 1.29. The molecule has 0 saturated heterocycles. The lowest BCUT2D eigenvalue weighted by molar-refractivity contribution is -0.120. The first-order valence-electron chi connectivity index (χ1n) is 18.8. The fraction of sp³-hybridized carbons (Fsp3) is 0.439. The van der Waals surface area contributed by atoms with Crippen molar-refractivity contribution in [3.63, 3.8) is 0 Å². The number of furan rings is 1. The third kappa shape index (κ3) is 14.5. The lowest BCUT2D eigenvalue weighted by Crippen LogP contribution is -2.31. The Morgan fingerprint density at radius 3 is 1.58 bits per heavy atom. The van der Waals surface area contributed by atoms with Crippen LogP contribution in [-0.2, 0) is 45.1 Å². The number of Topliss-reactive ketones (excluding diaryl/α,β-unsaturated/α-hetero) is 4. The lowest BCUT2D eigenvalue weighted by Gasteiger charge is -2.06. The second-order valence-corrected chi connectivity index (χ2v) is 13.9. The van der Waals surface area contributed by atoms with Crippen molar-refractivity contribution in [1.82, 2.24) is 19.1 Å². The number of benzene rings is 1. The predicted octanol–water partition coefficient (Wildman–Crippen LogP) is 4.79. The van der Waals surface area contributed by atoms with Crippen molar-refractivity contribution in [2.24, 2.45) is 4.99 Å². The number of rotatable bonds is 24. The number of nitrogens with one attached hydrogen (secondary N) is 2. The van der Waals surface area contributed by atoms with Crippen LogP contribution in [0, 0.1) is 13.8 Å². The minimum absolute atomic E-state index is 0.0272. The van der Waals surface area contributed by atoms with Gasteiger partial charge in [-0.05, 0) is 69.4 Å². The molecule has 4 rings (SSSR count). The van der Waals surface area contributed by atoms with E-state index in [1.54, 1.807) is 32.2 Å². The maximum Gasteiger partial charge on any atom is 0.328 e. The zero-order valence-corrected chi connectivity index (χ0v) is 31.5. The van der Waals surface area contributed by atoms with Crippen molar-refractivity contribution in [2.75, 3.05) is 0 Å². The van der Waals surface area contributed by atoms with Gasteiger partial charge in [0.15, 0.2) is 0 Å². The highest BCUT2D eigenvalue weighted by Crippen LogP contribution is 2.17. The Labute approximate surface area is 317 Å². The fourth-order valence-corrected chi connectivity index (χ4v) is 5.95. The average Bonchev–Trinajstić information content (AvgIpc) is 3.59. The fourth-order valence-electron chi connectivity index (χ4n) is 5.95. The molecule has 0 radical (unpaired) electrons. The molecule has 14 heteroatoms. The molecule has 0 bridgehead atoms. The molecular weight excluding hydrogens is 706 g/mol. The molecule has 3 aromatic heterocycles. The summed E-state index contributed by atoms with van der Waals surface area (Å²) in [5, 5.41) is 0. The standard InChI is InChI=1S/C41H49N5O9/c1-28-26-45(40(53)43-38(28)51)21-19-32(47)9-5-3-7-11-34(49)23-30-13-15-31(16-14-30)42-25-37-18-17-36(55-37)24-35(50)12-8-4-6-10-33(48)20-22-46-27-29(2)39(52)44-41(46)54/h13-18,25-27H,3-12,19-24H2,1-2H3,(H,43,51,53)(H,44,52,54). The molecule has 3 heterocycles. The van der Waals surface area contributed by atoms with Gasteiger partial charge in [0.1, 0.15) is 34.7 Å². The summed E-state index contributed by atoms with van der Waals surface area (Å²) in [6.07, 6.45) is 11.1. The Morgan fingerprint density at radius 2 is 1.07 bits per heavy atom. The zero-order valence-electron chi connectivity index (χ0n) is 31.5. The summed E-state index contributed by atoms with van der Waals surface area (Å²) in [6.45, 7) is 3.64. The number of aliphatic imine (C=N–C) groups is 1. The molecule has 0 unspecified atom stereocenters. The number of hydrogen-bond acceptors (Lipinski definition) is 10. The van der Waals surface area contributed by atoms with E-state index in [2.05, 4.69) is 15.0 Å². The first kappa shape index (κ1) is 42.0. The van der Waals surface area contributed by atoms with E-state index < -0.39 is 22.5 Å². The molecule has 1 aromatic carbocycles. The van der Waals surface area contributed by atoms with Gasteiger partial charge in [-0.3, -0.25) is 52.9 Å². The molecular formula is C41H49N5O9. The van der Waals surface area contributed by atoms with E-state index in [0.717, 1.165) is 18.4 Å². The Morgan fingerprint density at radius 1 is 0.600 bits per heavy atom. The summed E-state index contributed by atoms with van der Waals surface area (Å²) >= 11 is 0. The second-order valence-electron chi connectivity index (χ2n) is 13.9. The van der Waals surface area contributed by atoms with Gasteiger partial charge in [-0.25, -0.2) is 9.59 Å². The number of aryl methyl sites for hydroxylation is 4. The number of ketones is 4. The molecule has 0 saturated carbocycles. The average molecular weight is 756 g/mol. The van der Waals surface area contributed by atoms with E-state index in [1.165, 1.54) is 21.5 Å². The molecule has 0 amide bonds. The van der Waals surface area contributed by atoms with Gasteiger partial charge in [-0.15, -0.1) is 0 Å². The Hall–Kier alpha value is -5.79. The van der Waals surface area contributed by atoms with Gasteiger partial charge in [0.25, 0.3) is 11.1 Å². The van der Waals surface area contributed by atoms with E-state index in [1.807, 2.05) is 24.3 Å². The summed E-state index contributed by atoms with van der Waals surface area (Å²) in [5.41, 5.74) is 0.487. The first-order valence-corrected chi connectivity index (χ1v) is 18.8. The van der Waals surface area contributed by atoms with Crippen LogP contribution in [0.2, 0.25) is 0 Å². The Bertz CT molecular complexity index is 2220. The predicted molar refractivity (Wildman–Crippen MR) is 207 cm³/mol. The molecule has 2 N–H and O–H groups in total. The summed E-state index contributed by atoms with van der Waals surface area (Å²) < 4.78 is 8.43. The molecule has 0 atom stereocenters. The normalized spacial score (nSPS) is 11.3. The number of carbonyl (C=O) groups excluding carboxylic acids is 4. The van der Waals surface area contributed by atoms with Crippen LogP contribution >= 0.6 is 0 Å². The number of nitrogens with zero attached hydrogens (tertiary/aromatic N) is 3. The molecule has 4 aromatic rings. The number of unbranched alkanes of at least 4 members (excludes halogenated alkanes) is 4. The Kier molecular flexibility index (Phi) is 16.2. The van der Waals surface area contributed by atoms with Crippen molar-refractivity contribution in [1.29, 1.82) is 0 Å². The topological polar surface area (TPSA) is 203 Å². The van der Waals surface area contributed by atoms with E-state index >= 15 is 0 Å². The summed E-state index contributed by atoms with van der Waals surface area (Å²) in [7, 11) is 0. The highest BCUT2D eigenvalue weighted by atomic mass is 16.3. The van der Waals surface area contributed by atoms with E-state index in [9.17, 15) is 38.4 Å². The van der Waals surface area contributed by atoms with E-state index in [-0.39, 0.29) is 55.5 Å². The van der Waals surface area contributed by atoms with Crippen LogP contribution in [0.3, 0.4) is 0 Å². The van der Waals surface area contributed by atoms with Crippen LogP contribution < -0.4 is 22.5 Å². The first-order chi connectivity index (χ1) is 26.4. The smallest absolute Gasteiger partial charge is 0.328 e. The van der Waals surface area contributed by atoms with Gasteiger partial charge >= 0.3 is 11.4 Å². The van der Waals surface area contributed by atoms with Crippen LogP contribution in [0.1, 0.15) is 105 Å². The maximum absolute atomic E-state index is 12.5. The number of H-pyrrole nitrogens is 2. The van der Waals surface area contributed by atoms with Crippen LogP contribution in [-0.4, -0.2) is 48.4 Å². The van der Waals surface area contributed by atoms with Gasteiger partial charge in [0.2, 0.25) is 0 Å². The SMILES string of the molecule is Cc1cn(CCC(=O)CCCCCC(=O)Cc2ccc(N=Cc3ccc(CC(=O)CCCCCC(=O)CCn4cc(C)c(=O)[nH]c4=O)o3)cc2)c(=O)[nH]c1=O. The molecule has 0 aliphatic heterocycles. The van der Waals surface area contributed by atoms with Crippen molar-refractivity contribution < 1.29 is 23.6 Å². The molecule has 0 fully saturated rings. The third-order valence-corrected chi connectivity index (χ3v) is 9.20. The third-order valence-electron chi connectivity index (χ3n) is 9.20. The highest BCUT2D eigenvalue weighted by molar-refractivity contribution is 5.82. The monoisotopic (exact) mass is 755 g/mol. The summed E-state index contributed by atoms with van der Waals surface area (Å²) in [4.78, 5) is 105. The molecule has 55 heavy (non-hydrogen) atoms. The number of aromatic amines is 2. The molecule has 14 nitrogen and oxygen atoms in total. The Balaban J connectivity index is 1.05. The van der Waals surface area contributed by atoms with Crippen molar-refractivity contribution in [3.8, 4) is 0 Å². The van der Waals surface area contributed by atoms with Gasteiger partial charge < -0.3 is 4.42 Å². The van der Waals surface area contributed by atoms with Gasteiger partial charge in [-0.2, -0.15) is 0 Å². The van der Waals surface area contributed by atoms with Crippen LogP contribution in [0.5, 0.6) is 0 Å². The van der Waals surface area contributed by atoms with Gasteiger partial charge in [0, 0.05) is 81.6 Å². The van der Waals surface area contributed by atoms with Crippen molar-refractivity contribution in [2.45, 2.75) is 117 Å². The minimum atomic E-state index is -0.528. The van der Waals surface area contributed by atoms with Crippen molar-refractivity contribution >= 4 is 35.0 Å². The lowest BCUT2D eigenvalue weighted by atomic mass is 10.0. The number of aromatic nitrogens is 4. The van der Waals surface area contributed by atoms with Crippen LogP contribution in [0.25, 0.3) is 0 Å². The van der Waals surface area contributed by atoms with Crippen LogP contribution in [0.4, 0.5) is 5.69 Å². The minimum Gasteiger partial charge on any atom is -0.460 e. The van der Waals surface area contributed by atoms with Gasteiger partial charge in [-0.1, -0.05) is 25.0 Å². The number of carbonyl (C=O) groups is 4. The van der Waals surface area contributed by atoms with Crippen LogP contribution in [0.15, 0.2) is 77.4 Å². The molecule has 292 valence electrons. The zero-order chi connectivity index (χ0) is 39.7. The number of hydrogen-bond donors (Lipinski definition) is 2. The summed E-state index contributed by atoms with van der Waals surface area (Å²) in [6, 6.07) is 10.9. The van der Waals surface area contributed by atoms with Gasteiger partial charge in [0.05, 0.1) is 18.3 Å². The highest BCUT2D eigenvalue weighted by Gasteiger charge is 2.11.